The number of unbranched alkanes of at least 4 members (excludes halogenated alkanes) is 8. The lowest BCUT2D eigenvalue weighted by Crippen LogP contribution is -1.94. The second-order valence-electron chi connectivity index (χ2n) is 7.42. The third kappa shape index (κ3) is 7.68. The van der Waals surface area contributed by atoms with Gasteiger partial charge in [0.05, 0.1) is 17.6 Å². The predicted molar refractivity (Wildman–Crippen MR) is 112 cm³/mol. The zero-order chi connectivity index (χ0) is 18.5. The van der Waals surface area contributed by atoms with Gasteiger partial charge in [-0.1, -0.05) is 89.5 Å². The van der Waals surface area contributed by atoms with E-state index in [0.29, 0.717) is 0 Å². The van der Waals surface area contributed by atoms with Crippen LogP contribution in [-0.2, 0) is 12.8 Å². The lowest BCUT2D eigenvalue weighted by molar-refractivity contribution is 0.604. The van der Waals surface area contributed by atoms with Crippen LogP contribution in [0, 0.1) is 0 Å². The van der Waals surface area contributed by atoms with Crippen molar-refractivity contribution in [2.45, 2.75) is 90.9 Å². The molecule has 0 atom stereocenters. The first-order valence-corrected chi connectivity index (χ1v) is 10.7. The van der Waals surface area contributed by atoms with E-state index in [-0.39, 0.29) is 0 Å². The average molecular weight is 353 g/mol. The van der Waals surface area contributed by atoms with E-state index >= 15 is 0 Å². The van der Waals surface area contributed by atoms with E-state index in [1.807, 2.05) is 12.4 Å². The van der Waals surface area contributed by atoms with E-state index in [9.17, 15) is 0 Å². The highest BCUT2D eigenvalue weighted by Crippen LogP contribution is 2.18. The molecule has 0 N–H and O–H groups in total. The average Bonchev–Trinajstić information content (AvgIpc) is 2.69. The molecule has 0 unspecified atom stereocenters. The highest BCUT2D eigenvalue weighted by atomic mass is 14.8. The number of aromatic nitrogens is 2. The zero-order valence-electron chi connectivity index (χ0n) is 16.8. The summed E-state index contributed by atoms with van der Waals surface area (Å²) in [6.07, 6.45) is 19.3. The summed E-state index contributed by atoms with van der Waals surface area (Å²) in [6.45, 7) is 4.52. The Bertz CT molecular complexity index is 587. The molecule has 0 fully saturated rings. The monoisotopic (exact) mass is 352 g/mol. The van der Waals surface area contributed by atoms with E-state index < -0.39 is 0 Å². The van der Waals surface area contributed by atoms with Crippen molar-refractivity contribution in [3.05, 3.63) is 47.9 Å². The van der Waals surface area contributed by atoms with Crippen LogP contribution in [0.1, 0.15) is 89.3 Å². The molecule has 1 heterocycles. The van der Waals surface area contributed by atoms with Gasteiger partial charge in [0.2, 0.25) is 0 Å². The second kappa shape index (κ2) is 12.6. The number of hydrogen-bond donors (Lipinski definition) is 0. The summed E-state index contributed by atoms with van der Waals surface area (Å²) in [4.78, 5) is 9.25. The second-order valence-corrected chi connectivity index (χ2v) is 7.42. The molecule has 142 valence electrons. The highest BCUT2D eigenvalue weighted by molar-refractivity contribution is 5.58. The smallest absolute Gasteiger partial charge is 0.0885 e. The Hall–Kier alpha value is -1.70. The van der Waals surface area contributed by atoms with Gasteiger partial charge in [-0.05, 0) is 31.2 Å². The van der Waals surface area contributed by atoms with Crippen LogP contribution in [0.15, 0.2) is 36.7 Å². The summed E-state index contributed by atoms with van der Waals surface area (Å²) in [7, 11) is 0. The summed E-state index contributed by atoms with van der Waals surface area (Å²) in [5, 5.41) is 0. The van der Waals surface area contributed by atoms with Crippen LogP contribution >= 0.6 is 0 Å². The third-order valence-corrected chi connectivity index (χ3v) is 5.06. The molecule has 0 spiro atoms. The van der Waals surface area contributed by atoms with Crippen LogP contribution in [0.3, 0.4) is 0 Å². The predicted octanol–water partition coefficient (Wildman–Crippen LogP) is 7.17. The third-order valence-electron chi connectivity index (χ3n) is 5.06. The van der Waals surface area contributed by atoms with Gasteiger partial charge in [0.25, 0.3) is 0 Å². The van der Waals surface area contributed by atoms with Crippen molar-refractivity contribution in [2.24, 2.45) is 0 Å². The lowest BCUT2D eigenvalue weighted by atomic mass is 10.0. The zero-order valence-corrected chi connectivity index (χ0v) is 16.8. The van der Waals surface area contributed by atoms with Gasteiger partial charge in [0.15, 0.2) is 0 Å². The summed E-state index contributed by atoms with van der Waals surface area (Å²) >= 11 is 0. The van der Waals surface area contributed by atoms with Crippen molar-refractivity contribution in [3.63, 3.8) is 0 Å². The van der Waals surface area contributed by atoms with Crippen molar-refractivity contribution in [2.75, 3.05) is 0 Å². The minimum atomic E-state index is 0.981. The van der Waals surface area contributed by atoms with Gasteiger partial charge in [0.1, 0.15) is 0 Å². The number of aryl methyl sites for hydroxylation is 2. The van der Waals surface area contributed by atoms with Gasteiger partial charge in [-0.15, -0.1) is 0 Å². The molecule has 2 nitrogen and oxygen atoms in total. The Morgan fingerprint density at radius 3 is 1.88 bits per heavy atom. The van der Waals surface area contributed by atoms with Gasteiger partial charge in [-0.25, -0.2) is 0 Å². The van der Waals surface area contributed by atoms with Gasteiger partial charge >= 0.3 is 0 Å². The van der Waals surface area contributed by atoms with Crippen LogP contribution in [0.4, 0.5) is 0 Å². The van der Waals surface area contributed by atoms with E-state index in [2.05, 4.69) is 48.1 Å². The molecule has 0 saturated carbocycles. The molecule has 0 aliphatic rings. The largest absolute Gasteiger partial charge is 0.257 e. The van der Waals surface area contributed by atoms with Crippen LogP contribution < -0.4 is 0 Å². The fourth-order valence-corrected chi connectivity index (χ4v) is 3.32. The first-order chi connectivity index (χ1) is 12.8. The number of benzene rings is 1. The Morgan fingerprint density at radius 1 is 0.615 bits per heavy atom. The van der Waals surface area contributed by atoms with Crippen molar-refractivity contribution in [1.82, 2.24) is 9.97 Å². The molecular formula is C24H36N2. The topological polar surface area (TPSA) is 25.8 Å². The standard InChI is InChI=1S/C24H36N2/c1-3-5-7-9-10-12-14-23-19-26-24(20-25-23)22-17-15-21(16-18-22)13-11-8-6-4-2/h15-20H,3-14H2,1-2H3. The molecular weight excluding hydrogens is 316 g/mol. The molecule has 0 radical (unpaired) electrons. The van der Waals surface area contributed by atoms with E-state index in [1.54, 1.807) is 0 Å². The molecule has 2 aromatic rings. The summed E-state index contributed by atoms with van der Waals surface area (Å²) < 4.78 is 0. The summed E-state index contributed by atoms with van der Waals surface area (Å²) in [5.41, 5.74) is 4.70. The highest BCUT2D eigenvalue weighted by Gasteiger charge is 2.02. The van der Waals surface area contributed by atoms with Gasteiger partial charge < -0.3 is 0 Å². The Labute approximate surface area is 160 Å². The fourth-order valence-electron chi connectivity index (χ4n) is 3.32. The van der Waals surface area contributed by atoms with Crippen molar-refractivity contribution in [3.8, 4) is 11.3 Å². The van der Waals surface area contributed by atoms with Crippen LogP contribution in [0.25, 0.3) is 11.3 Å². The minimum Gasteiger partial charge on any atom is -0.257 e. The maximum atomic E-state index is 4.63. The molecule has 1 aromatic carbocycles. The molecule has 2 heteroatoms. The Morgan fingerprint density at radius 2 is 1.23 bits per heavy atom. The summed E-state index contributed by atoms with van der Waals surface area (Å²) in [5.74, 6) is 0. The molecule has 0 aliphatic heterocycles. The molecule has 0 saturated heterocycles. The maximum Gasteiger partial charge on any atom is 0.0885 e. The Kier molecular flexibility index (Phi) is 10.0. The van der Waals surface area contributed by atoms with Crippen LogP contribution in [0.5, 0.6) is 0 Å². The van der Waals surface area contributed by atoms with Crippen molar-refractivity contribution < 1.29 is 0 Å². The number of hydrogen-bond acceptors (Lipinski definition) is 2. The fraction of sp³-hybridized carbons (Fsp3) is 0.583. The first-order valence-electron chi connectivity index (χ1n) is 10.7. The molecule has 26 heavy (non-hydrogen) atoms. The number of rotatable bonds is 13. The van der Waals surface area contributed by atoms with Crippen LogP contribution in [0.2, 0.25) is 0 Å². The van der Waals surface area contributed by atoms with Crippen LogP contribution in [-0.4, -0.2) is 9.97 Å². The van der Waals surface area contributed by atoms with Crippen molar-refractivity contribution >= 4 is 0 Å². The maximum absolute atomic E-state index is 4.63. The molecule has 0 aliphatic carbocycles. The minimum absolute atomic E-state index is 0.981. The SMILES string of the molecule is CCCCCCCCc1cnc(-c2ccc(CCCCCC)cc2)cn1. The Balaban J connectivity index is 1.76. The number of nitrogens with zero attached hydrogens (tertiary/aromatic N) is 2. The lowest BCUT2D eigenvalue weighted by Gasteiger charge is -2.05. The summed E-state index contributed by atoms with van der Waals surface area (Å²) in [6, 6.07) is 8.86. The van der Waals surface area contributed by atoms with Gasteiger partial charge in [0, 0.05) is 11.8 Å². The van der Waals surface area contributed by atoms with Gasteiger partial charge in [-0.3, -0.25) is 9.97 Å². The molecule has 0 amide bonds. The quantitative estimate of drug-likeness (QED) is 0.357. The molecule has 2 rings (SSSR count). The van der Waals surface area contributed by atoms with Crippen molar-refractivity contribution in [1.29, 1.82) is 0 Å². The molecule has 1 aromatic heterocycles. The first kappa shape index (κ1) is 20.6. The van der Waals surface area contributed by atoms with E-state index in [1.165, 1.54) is 81.8 Å². The van der Waals surface area contributed by atoms with E-state index in [4.69, 9.17) is 0 Å². The normalized spacial score (nSPS) is 11.0. The molecule has 0 bridgehead atoms. The van der Waals surface area contributed by atoms with Gasteiger partial charge in [-0.2, -0.15) is 0 Å². The van der Waals surface area contributed by atoms with E-state index in [0.717, 1.165) is 17.8 Å².